The highest BCUT2D eigenvalue weighted by molar-refractivity contribution is 6.66. The molecule has 0 atom stereocenters. The van der Waals surface area contributed by atoms with Gasteiger partial charge in [-0.3, -0.25) is 0 Å². The fourth-order valence-corrected chi connectivity index (χ4v) is 1.64. The van der Waals surface area contributed by atoms with E-state index in [0.717, 1.165) is 0 Å². The molecule has 0 fully saturated rings. The van der Waals surface area contributed by atoms with Crippen molar-refractivity contribution in [1.82, 2.24) is 10.1 Å². The maximum absolute atomic E-state index is 13.6. The first kappa shape index (κ1) is 14.6. The van der Waals surface area contributed by atoms with Gasteiger partial charge in [0, 0.05) is 5.56 Å². The lowest BCUT2D eigenvalue weighted by atomic mass is 10.2. The van der Waals surface area contributed by atoms with Gasteiger partial charge in [-0.15, -0.1) is 0 Å². The molecular formula is C11H5Cl4FN2O. The van der Waals surface area contributed by atoms with Gasteiger partial charge in [0.15, 0.2) is 5.82 Å². The third-order valence-corrected chi connectivity index (χ3v) is 2.85. The molecule has 1 heterocycles. The van der Waals surface area contributed by atoms with Crippen LogP contribution in [-0.4, -0.2) is 10.1 Å². The molecule has 2 rings (SSSR count). The highest BCUT2D eigenvalue weighted by Gasteiger charge is 2.30. The highest BCUT2D eigenvalue weighted by atomic mass is 35.6. The molecule has 0 spiro atoms. The topological polar surface area (TPSA) is 38.9 Å². The Kier molecular flexibility index (Phi) is 4.36. The number of nitrogens with zero attached hydrogens (tertiary/aromatic N) is 2. The summed E-state index contributed by atoms with van der Waals surface area (Å²) in [6, 6.07) is 4.62. The quantitative estimate of drug-likeness (QED) is 0.732. The number of rotatable bonds is 2. The van der Waals surface area contributed by atoms with Gasteiger partial charge in [0.1, 0.15) is 5.82 Å². The van der Waals surface area contributed by atoms with Crippen LogP contribution in [0.15, 0.2) is 22.7 Å². The second-order valence-electron chi connectivity index (χ2n) is 3.43. The van der Waals surface area contributed by atoms with Crippen LogP contribution >= 0.6 is 46.4 Å². The van der Waals surface area contributed by atoms with Gasteiger partial charge in [0.05, 0.1) is 5.02 Å². The van der Waals surface area contributed by atoms with Crippen LogP contribution in [0.25, 0.3) is 12.2 Å². The van der Waals surface area contributed by atoms with E-state index >= 15 is 0 Å². The minimum atomic E-state index is -1.79. The first-order valence-corrected chi connectivity index (χ1v) is 6.42. The molecule has 0 saturated heterocycles. The van der Waals surface area contributed by atoms with E-state index in [1.807, 2.05) is 0 Å². The normalized spacial score (nSPS) is 12.3. The predicted molar refractivity (Wildman–Crippen MR) is 73.9 cm³/mol. The van der Waals surface area contributed by atoms with E-state index < -0.39 is 9.61 Å². The van der Waals surface area contributed by atoms with Crippen LogP contribution in [0.2, 0.25) is 5.02 Å². The third kappa shape index (κ3) is 3.60. The highest BCUT2D eigenvalue weighted by Crippen LogP contribution is 2.36. The van der Waals surface area contributed by atoms with Crippen LogP contribution in [0.1, 0.15) is 17.3 Å². The molecule has 2 aromatic rings. The number of benzene rings is 1. The van der Waals surface area contributed by atoms with E-state index in [4.69, 9.17) is 50.9 Å². The summed E-state index contributed by atoms with van der Waals surface area (Å²) in [5, 5.41) is 3.59. The molecule has 100 valence electrons. The SMILES string of the molecule is Fc1c(Cl)cccc1C=Cc1noc(C(Cl)(Cl)Cl)n1. The maximum Gasteiger partial charge on any atom is 0.279 e. The van der Waals surface area contributed by atoms with Gasteiger partial charge < -0.3 is 4.52 Å². The lowest BCUT2D eigenvalue weighted by Crippen LogP contribution is -1.99. The van der Waals surface area contributed by atoms with Gasteiger partial charge in [-0.25, -0.2) is 4.39 Å². The lowest BCUT2D eigenvalue weighted by molar-refractivity contribution is 0.381. The van der Waals surface area contributed by atoms with Crippen molar-refractivity contribution < 1.29 is 8.91 Å². The van der Waals surface area contributed by atoms with E-state index in [0.29, 0.717) is 0 Å². The molecule has 19 heavy (non-hydrogen) atoms. The zero-order chi connectivity index (χ0) is 14.0. The average Bonchev–Trinajstić information content (AvgIpc) is 2.79. The predicted octanol–water partition coefficient (Wildman–Crippen LogP) is 4.86. The minimum Gasteiger partial charge on any atom is -0.334 e. The zero-order valence-corrected chi connectivity index (χ0v) is 12.1. The molecule has 0 saturated carbocycles. The van der Waals surface area contributed by atoms with Crippen molar-refractivity contribution in [3.63, 3.8) is 0 Å². The van der Waals surface area contributed by atoms with E-state index in [9.17, 15) is 4.39 Å². The Morgan fingerprint density at radius 3 is 2.58 bits per heavy atom. The number of aromatic nitrogens is 2. The summed E-state index contributed by atoms with van der Waals surface area (Å²) in [6.45, 7) is 0. The molecule has 0 bridgehead atoms. The number of halogens is 5. The van der Waals surface area contributed by atoms with Gasteiger partial charge in [-0.1, -0.05) is 63.7 Å². The van der Waals surface area contributed by atoms with Crippen LogP contribution in [0.5, 0.6) is 0 Å². The Morgan fingerprint density at radius 1 is 1.21 bits per heavy atom. The van der Waals surface area contributed by atoms with Crippen molar-refractivity contribution in [3.8, 4) is 0 Å². The molecule has 8 heteroatoms. The van der Waals surface area contributed by atoms with Crippen LogP contribution in [0.3, 0.4) is 0 Å². The average molecular weight is 342 g/mol. The largest absolute Gasteiger partial charge is 0.334 e. The van der Waals surface area contributed by atoms with E-state index in [-0.39, 0.29) is 22.3 Å². The Bertz CT molecular complexity index is 621. The molecule has 0 radical (unpaired) electrons. The smallest absolute Gasteiger partial charge is 0.279 e. The molecule has 1 aromatic heterocycles. The van der Waals surface area contributed by atoms with Crippen LogP contribution in [0.4, 0.5) is 4.39 Å². The van der Waals surface area contributed by atoms with Crippen molar-refractivity contribution in [1.29, 1.82) is 0 Å². The second kappa shape index (κ2) is 5.67. The number of hydrogen-bond acceptors (Lipinski definition) is 3. The van der Waals surface area contributed by atoms with Gasteiger partial charge >= 0.3 is 0 Å². The summed E-state index contributed by atoms with van der Waals surface area (Å²) in [5.41, 5.74) is 0.285. The summed E-state index contributed by atoms with van der Waals surface area (Å²) in [6.07, 6.45) is 2.85. The first-order valence-electron chi connectivity index (χ1n) is 4.91. The summed E-state index contributed by atoms with van der Waals surface area (Å²) < 4.78 is 16.5. The molecular weight excluding hydrogens is 337 g/mol. The van der Waals surface area contributed by atoms with Crippen molar-refractivity contribution in [2.75, 3.05) is 0 Å². The van der Waals surface area contributed by atoms with Gasteiger partial charge in [0.2, 0.25) is 0 Å². The molecule has 0 aliphatic rings. The molecule has 0 unspecified atom stereocenters. The second-order valence-corrected chi connectivity index (χ2v) is 6.12. The number of alkyl halides is 3. The van der Waals surface area contributed by atoms with Crippen molar-refractivity contribution in [2.24, 2.45) is 0 Å². The van der Waals surface area contributed by atoms with Crippen molar-refractivity contribution in [2.45, 2.75) is 3.79 Å². The molecule has 0 amide bonds. The van der Waals surface area contributed by atoms with E-state index in [1.165, 1.54) is 18.2 Å². The van der Waals surface area contributed by atoms with Crippen LogP contribution in [0, 0.1) is 5.82 Å². The van der Waals surface area contributed by atoms with Crippen molar-refractivity contribution in [3.05, 3.63) is 46.3 Å². The fraction of sp³-hybridized carbons (Fsp3) is 0.0909. The minimum absolute atomic E-state index is 0.0252. The third-order valence-electron chi connectivity index (χ3n) is 2.08. The Labute approximate surface area is 127 Å². The molecule has 0 N–H and O–H groups in total. The van der Waals surface area contributed by atoms with Gasteiger partial charge in [0.25, 0.3) is 9.68 Å². The monoisotopic (exact) mass is 340 g/mol. The van der Waals surface area contributed by atoms with Crippen LogP contribution < -0.4 is 0 Å². The molecule has 0 aliphatic heterocycles. The molecule has 0 aliphatic carbocycles. The standard InChI is InChI=1S/C11H5Cl4FN2O/c12-7-3-1-2-6(9(7)16)4-5-8-17-10(19-18-8)11(13,14)15/h1-5H. The summed E-state index contributed by atoms with van der Waals surface area (Å²) >= 11 is 22.4. The van der Waals surface area contributed by atoms with Gasteiger partial charge in [-0.2, -0.15) is 4.98 Å². The summed E-state index contributed by atoms with van der Waals surface area (Å²) in [4.78, 5) is 3.83. The van der Waals surface area contributed by atoms with E-state index in [2.05, 4.69) is 10.1 Å². The number of hydrogen-bond donors (Lipinski definition) is 0. The maximum atomic E-state index is 13.6. The van der Waals surface area contributed by atoms with E-state index in [1.54, 1.807) is 12.1 Å². The molecule has 1 aromatic carbocycles. The zero-order valence-electron chi connectivity index (χ0n) is 9.08. The Morgan fingerprint density at radius 2 is 1.95 bits per heavy atom. The van der Waals surface area contributed by atoms with Crippen LogP contribution in [-0.2, 0) is 3.79 Å². The Balaban J connectivity index is 2.24. The lowest BCUT2D eigenvalue weighted by Gasteiger charge is -2.01. The first-order chi connectivity index (χ1) is 8.88. The van der Waals surface area contributed by atoms with Crippen molar-refractivity contribution >= 4 is 58.6 Å². The summed E-state index contributed by atoms with van der Waals surface area (Å²) in [5.74, 6) is -0.546. The fourth-order valence-electron chi connectivity index (χ4n) is 1.23. The molecule has 3 nitrogen and oxygen atoms in total. The van der Waals surface area contributed by atoms with Gasteiger partial charge in [-0.05, 0) is 18.2 Å². The Hall–Kier alpha value is -0.810. The summed E-state index contributed by atoms with van der Waals surface area (Å²) in [7, 11) is 0.